The Morgan fingerprint density at radius 1 is 1.50 bits per heavy atom. The molecule has 0 N–H and O–H groups in total. The second-order valence-electron chi connectivity index (χ2n) is 4.00. The van der Waals surface area contributed by atoms with Crippen molar-refractivity contribution in [1.82, 2.24) is 0 Å². The van der Waals surface area contributed by atoms with Crippen molar-refractivity contribution < 1.29 is 36.6 Å². The summed E-state index contributed by atoms with van der Waals surface area (Å²) in [5.74, 6) is 1.01. The van der Waals surface area contributed by atoms with E-state index in [1.165, 1.54) is 0 Å². The van der Waals surface area contributed by atoms with Crippen LogP contribution in [0.5, 0.6) is 0 Å². The van der Waals surface area contributed by atoms with Gasteiger partial charge in [0.15, 0.2) is 6.29 Å². The molecule has 0 aromatic rings. The maximum Gasteiger partial charge on any atom is 2.00 e. The first-order valence-electron chi connectivity index (χ1n) is 5.28. The minimum Gasteiger partial charge on any atom is -0.792 e. The molecule has 1 rings (SSSR count). The van der Waals surface area contributed by atoms with Gasteiger partial charge in [-0.3, -0.25) is 0 Å². The zero-order valence-corrected chi connectivity index (χ0v) is 13.0. The average molecular weight is 325 g/mol. The predicted octanol–water partition coefficient (Wildman–Crippen LogP) is 1.54. The summed E-state index contributed by atoms with van der Waals surface area (Å²) >= 11 is 5.02. The van der Waals surface area contributed by atoms with Crippen LogP contribution in [0.15, 0.2) is 0 Å². The topological polar surface area (TPSA) is 27.7 Å². The molecule has 1 aliphatic rings. The largest absolute Gasteiger partial charge is 2.00 e. The van der Waals surface area contributed by atoms with Gasteiger partial charge in [0.05, 0.1) is 6.61 Å². The van der Waals surface area contributed by atoms with Crippen molar-refractivity contribution in [1.29, 1.82) is 0 Å². The van der Waals surface area contributed by atoms with Gasteiger partial charge in [0.2, 0.25) is 0 Å². The predicted molar refractivity (Wildman–Crippen MR) is 61.4 cm³/mol. The van der Waals surface area contributed by atoms with Crippen LogP contribution in [0.1, 0.15) is 19.3 Å². The first-order valence-corrected chi connectivity index (χ1v) is 5.86. The van der Waals surface area contributed by atoms with Gasteiger partial charge in [0.1, 0.15) is 0 Å². The van der Waals surface area contributed by atoms with E-state index in [2.05, 4.69) is 6.92 Å². The van der Waals surface area contributed by atoms with Crippen LogP contribution < -0.4 is 0 Å². The van der Waals surface area contributed by atoms with E-state index < -0.39 is 0 Å². The minimum absolute atomic E-state index is 0. The molecule has 0 aromatic carbocycles. The van der Waals surface area contributed by atoms with Crippen molar-refractivity contribution in [3.63, 3.8) is 0 Å². The van der Waals surface area contributed by atoms with Gasteiger partial charge in [-0.15, -0.1) is 0 Å². The van der Waals surface area contributed by atoms with Crippen LogP contribution in [0.3, 0.4) is 0 Å². The molecule has 1 heterocycles. The van der Waals surface area contributed by atoms with Gasteiger partial charge in [0.25, 0.3) is 0 Å². The Morgan fingerprint density at radius 3 is 2.56 bits per heavy atom. The fraction of sp³-hybridized carbons (Fsp3) is 0.909. The zero-order chi connectivity index (χ0) is 11.3. The van der Waals surface area contributed by atoms with Gasteiger partial charge >= 0.3 is 22.4 Å². The van der Waals surface area contributed by atoms with Gasteiger partial charge in [-0.25, -0.2) is 0 Å². The Morgan fingerprint density at radius 2 is 2.12 bits per heavy atom. The third-order valence-electron chi connectivity index (χ3n) is 3.10. The second-order valence-corrected chi connectivity index (χ2v) is 4.41. The summed E-state index contributed by atoms with van der Waals surface area (Å²) in [7, 11) is 3.32. The molecule has 0 aliphatic carbocycles. The van der Waals surface area contributed by atoms with Gasteiger partial charge in [-0.2, -0.15) is 12.2 Å². The first kappa shape index (κ1) is 17.0. The summed E-state index contributed by atoms with van der Waals surface area (Å²) in [5, 5.41) is 0. The number of hydrogen-bond acceptors (Lipinski definition) is 4. The molecular weight excluding hydrogens is 305 g/mol. The summed E-state index contributed by atoms with van der Waals surface area (Å²) in [4.78, 5) is 0. The smallest absolute Gasteiger partial charge is 0.792 e. The Balaban J connectivity index is 0.00000225. The Hall–Kier alpha value is 0.970. The van der Waals surface area contributed by atoms with Crippen molar-refractivity contribution in [2.75, 3.05) is 26.6 Å². The van der Waals surface area contributed by atoms with Crippen molar-refractivity contribution in [3.8, 4) is 0 Å². The molecule has 0 aromatic heterocycles. The van der Waals surface area contributed by atoms with Crippen LogP contribution >= 0.6 is 0 Å². The summed E-state index contributed by atoms with van der Waals surface area (Å²) in [6, 6.07) is 0. The average Bonchev–Trinajstić information content (AvgIpc) is 2.66. The minimum atomic E-state index is -0.177. The standard InChI is InChI=1S/C11H21O3S.Nb/c1-4-11(5-6-15)7-9(8-14-11)10(12-2)13-3;/h9-10,15H,1,4-8H2,2-3H3;/q-1;+2/p-1. The second kappa shape index (κ2) is 8.14. The fourth-order valence-electron chi connectivity index (χ4n) is 2.19. The molecule has 0 saturated carbocycles. The summed E-state index contributed by atoms with van der Waals surface area (Å²) < 4.78 is 16.3. The van der Waals surface area contributed by atoms with Gasteiger partial charge in [-0.1, -0.05) is 0 Å². The van der Waals surface area contributed by atoms with E-state index in [0.717, 1.165) is 19.3 Å². The SMILES string of the molecule is [CH2-]CC1(CC[S-])CC(C(OC)OC)CO1.[Nb+2]. The number of ether oxygens (including phenoxy) is 3. The molecular formula is C11H20NbO3S. The van der Waals surface area contributed by atoms with Crippen LogP contribution in [0, 0.1) is 12.8 Å². The third-order valence-corrected chi connectivity index (χ3v) is 3.30. The monoisotopic (exact) mass is 325 g/mol. The molecule has 0 amide bonds. The molecule has 16 heavy (non-hydrogen) atoms. The van der Waals surface area contributed by atoms with Crippen LogP contribution in [-0.4, -0.2) is 38.5 Å². The van der Waals surface area contributed by atoms with Crippen molar-refractivity contribution in [3.05, 3.63) is 6.92 Å². The Bertz CT molecular complexity index is 190. The zero-order valence-electron chi connectivity index (χ0n) is 9.98. The molecule has 93 valence electrons. The van der Waals surface area contributed by atoms with E-state index in [-0.39, 0.29) is 34.3 Å². The Labute approximate surface area is 120 Å². The first-order chi connectivity index (χ1) is 7.21. The third kappa shape index (κ3) is 4.02. The quantitative estimate of drug-likeness (QED) is 0.320. The van der Waals surface area contributed by atoms with Crippen LogP contribution in [0.4, 0.5) is 0 Å². The van der Waals surface area contributed by atoms with Crippen LogP contribution in [0.25, 0.3) is 0 Å². The number of methoxy groups -OCH3 is 2. The van der Waals surface area contributed by atoms with E-state index >= 15 is 0 Å². The summed E-state index contributed by atoms with van der Waals surface area (Å²) in [6.45, 7) is 4.63. The molecule has 2 unspecified atom stereocenters. The molecule has 1 radical (unpaired) electrons. The van der Waals surface area contributed by atoms with E-state index in [1.54, 1.807) is 14.2 Å². The van der Waals surface area contributed by atoms with Crippen LogP contribution in [-0.2, 0) is 49.2 Å². The van der Waals surface area contributed by atoms with Gasteiger partial charge in [0, 0.05) is 25.7 Å². The van der Waals surface area contributed by atoms with Crippen molar-refractivity contribution in [2.45, 2.75) is 31.2 Å². The van der Waals surface area contributed by atoms with E-state index in [1.807, 2.05) is 0 Å². The molecule has 1 saturated heterocycles. The normalized spacial score (nSPS) is 29.4. The maximum absolute atomic E-state index is 5.84. The Kier molecular flexibility index (Phi) is 8.63. The molecule has 5 heteroatoms. The molecule has 2 atom stereocenters. The van der Waals surface area contributed by atoms with Gasteiger partial charge < -0.3 is 33.8 Å². The molecule has 1 fully saturated rings. The number of rotatable bonds is 6. The van der Waals surface area contributed by atoms with E-state index in [9.17, 15) is 0 Å². The molecule has 0 spiro atoms. The summed E-state index contributed by atoms with van der Waals surface area (Å²) in [6.07, 6.45) is 2.41. The molecule has 1 aliphatic heterocycles. The van der Waals surface area contributed by atoms with Crippen LogP contribution in [0.2, 0.25) is 0 Å². The maximum atomic E-state index is 5.84. The number of hydrogen-bond donors (Lipinski definition) is 0. The van der Waals surface area contributed by atoms with E-state index in [0.29, 0.717) is 18.3 Å². The van der Waals surface area contributed by atoms with Crippen molar-refractivity contribution >= 4 is 12.6 Å². The van der Waals surface area contributed by atoms with E-state index in [4.69, 9.17) is 26.8 Å². The van der Waals surface area contributed by atoms with Crippen molar-refractivity contribution in [2.24, 2.45) is 5.92 Å². The fourth-order valence-corrected chi connectivity index (χ4v) is 2.57. The molecule has 0 bridgehead atoms. The molecule has 3 nitrogen and oxygen atoms in total. The van der Waals surface area contributed by atoms with Gasteiger partial charge in [-0.05, 0) is 12.8 Å². The summed E-state index contributed by atoms with van der Waals surface area (Å²) in [5.41, 5.74) is -0.137.